The van der Waals surface area contributed by atoms with Crippen molar-refractivity contribution < 1.29 is 36.9 Å². The Kier molecular flexibility index (Phi) is 12.6. The van der Waals surface area contributed by atoms with Crippen LogP contribution in [0.5, 0.6) is 5.75 Å². The molecule has 8 heteroatoms. The number of carbonyl (C=O) groups excluding carboxylic acids is 1. The van der Waals surface area contributed by atoms with Gasteiger partial charge in [0.2, 0.25) is 0 Å². The summed E-state index contributed by atoms with van der Waals surface area (Å²) in [4.78, 5) is 12.7. The van der Waals surface area contributed by atoms with Crippen molar-refractivity contribution in [3.05, 3.63) is 54.1 Å². The Morgan fingerprint density at radius 1 is 0.821 bits per heavy atom. The Bertz CT molecular complexity index is 975. The lowest BCUT2D eigenvalue weighted by atomic mass is 10.0. The fourth-order valence-corrected chi connectivity index (χ4v) is 4.51. The van der Waals surface area contributed by atoms with E-state index in [2.05, 4.69) is 13.8 Å². The molecule has 0 saturated carbocycles. The highest BCUT2D eigenvalue weighted by Gasteiger charge is 2.51. The molecule has 2 aromatic rings. The van der Waals surface area contributed by atoms with Gasteiger partial charge in [0.1, 0.15) is 11.9 Å². The maximum Gasteiger partial charge on any atom is 0.418 e. The third-order valence-electron chi connectivity index (χ3n) is 6.78. The highest BCUT2D eigenvalue weighted by Crippen LogP contribution is 2.35. The van der Waals surface area contributed by atoms with Gasteiger partial charge in [-0.05, 0) is 54.7 Å². The number of esters is 1. The van der Waals surface area contributed by atoms with Gasteiger partial charge in [-0.25, -0.2) is 4.79 Å². The quantitative estimate of drug-likeness (QED) is 0.164. The topological polar surface area (TPSA) is 54.0 Å². The summed E-state index contributed by atoms with van der Waals surface area (Å²) >= 11 is 0. The summed E-state index contributed by atoms with van der Waals surface area (Å²) in [5.41, 5.74) is 1.99. The lowest BCUT2D eigenvalue weighted by Gasteiger charge is -2.36. The summed E-state index contributed by atoms with van der Waals surface area (Å²) < 4.78 is 62.9. The SMILES string of the molecule is CCCCCCOc1ccc(-c2ccc(C(=O)O[C@@H]3CC[C@@H](OCCCCCC)O[C@H]3C(F)(F)F)cc2)cc1. The number of hydrogen-bond donors (Lipinski definition) is 0. The molecule has 0 spiro atoms. The van der Waals surface area contributed by atoms with Crippen molar-refractivity contribution in [1.82, 2.24) is 0 Å². The minimum Gasteiger partial charge on any atom is -0.494 e. The van der Waals surface area contributed by atoms with E-state index in [1.807, 2.05) is 24.3 Å². The lowest BCUT2D eigenvalue weighted by molar-refractivity contribution is -0.311. The predicted molar refractivity (Wildman–Crippen MR) is 145 cm³/mol. The summed E-state index contributed by atoms with van der Waals surface area (Å²) in [6, 6.07) is 14.3. The van der Waals surface area contributed by atoms with Gasteiger partial charge in [0.05, 0.1) is 12.2 Å². The number of unbranched alkanes of at least 4 members (excludes halogenated alkanes) is 6. The molecule has 5 nitrogen and oxygen atoms in total. The van der Waals surface area contributed by atoms with Crippen molar-refractivity contribution in [1.29, 1.82) is 0 Å². The second kappa shape index (κ2) is 15.9. The van der Waals surface area contributed by atoms with Crippen LogP contribution in [0.3, 0.4) is 0 Å². The van der Waals surface area contributed by atoms with Crippen LogP contribution in [0.15, 0.2) is 48.5 Å². The summed E-state index contributed by atoms with van der Waals surface area (Å²) in [7, 11) is 0. The Morgan fingerprint density at radius 2 is 1.41 bits per heavy atom. The van der Waals surface area contributed by atoms with E-state index in [4.69, 9.17) is 18.9 Å². The summed E-state index contributed by atoms with van der Waals surface area (Å²) in [5.74, 6) is -0.0105. The Labute approximate surface area is 230 Å². The van der Waals surface area contributed by atoms with Crippen LogP contribution in [-0.2, 0) is 14.2 Å². The van der Waals surface area contributed by atoms with E-state index in [0.29, 0.717) is 13.2 Å². The normalized spacial score (nSPS) is 19.6. The first-order chi connectivity index (χ1) is 18.8. The monoisotopic (exact) mass is 550 g/mol. The average Bonchev–Trinajstić information content (AvgIpc) is 2.93. The maximum atomic E-state index is 13.7. The summed E-state index contributed by atoms with van der Waals surface area (Å²) in [6.45, 7) is 5.29. The number of benzene rings is 2. The number of halogens is 3. The molecule has 0 aliphatic carbocycles. The van der Waals surface area contributed by atoms with E-state index in [1.165, 1.54) is 12.8 Å². The second-order valence-corrected chi connectivity index (χ2v) is 9.99. The molecular weight excluding hydrogens is 509 g/mol. The molecule has 0 N–H and O–H groups in total. The molecule has 3 rings (SSSR count). The largest absolute Gasteiger partial charge is 0.494 e. The third kappa shape index (κ3) is 10.2. The molecule has 0 aromatic heterocycles. The highest BCUT2D eigenvalue weighted by molar-refractivity contribution is 5.90. The zero-order valence-electron chi connectivity index (χ0n) is 23.0. The van der Waals surface area contributed by atoms with Gasteiger partial charge in [-0.3, -0.25) is 0 Å². The van der Waals surface area contributed by atoms with Crippen LogP contribution in [0.4, 0.5) is 13.2 Å². The first-order valence-corrected chi connectivity index (χ1v) is 14.2. The van der Waals surface area contributed by atoms with Gasteiger partial charge in [-0.1, -0.05) is 76.6 Å². The van der Waals surface area contributed by atoms with E-state index in [9.17, 15) is 18.0 Å². The molecule has 1 saturated heterocycles. The van der Waals surface area contributed by atoms with E-state index in [0.717, 1.165) is 55.4 Å². The average molecular weight is 551 g/mol. The van der Waals surface area contributed by atoms with Gasteiger partial charge in [0.25, 0.3) is 0 Å². The number of alkyl halides is 3. The first-order valence-electron chi connectivity index (χ1n) is 14.2. The Balaban J connectivity index is 1.52. The molecule has 3 atom stereocenters. The first kappa shape index (κ1) is 31.0. The van der Waals surface area contributed by atoms with Crippen LogP contribution in [-0.4, -0.2) is 43.9 Å². The molecule has 0 amide bonds. The molecule has 1 heterocycles. The summed E-state index contributed by atoms with van der Waals surface area (Å²) in [6.07, 6.45) is -0.603. The number of carbonyl (C=O) groups is 1. The van der Waals surface area contributed by atoms with Crippen molar-refractivity contribution >= 4 is 5.97 Å². The molecule has 216 valence electrons. The molecule has 0 radical (unpaired) electrons. The minimum absolute atomic E-state index is 0.0145. The fraction of sp³-hybridized carbons (Fsp3) is 0.581. The minimum atomic E-state index is -4.68. The van der Waals surface area contributed by atoms with Gasteiger partial charge >= 0.3 is 12.1 Å². The van der Waals surface area contributed by atoms with Crippen LogP contribution in [0.1, 0.15) is 88.4 Å². The molecule has 1 fully saturated rings. The molecule has 2 aromatic carbocycles. The van der Waals surface area contributed by atoms with Crippen LogP contribution >= 0.6 is 0 Å². The van der Waals surface area contributed by atoms with Crippen molar-refractivity contribution in [2.24, 2.45) is 0 Å². The van der Waals surface area contributed by atoms with Crippen molar-refractivity contribution in [3.63, 3.8) is 0 Å². The third-order valence-corrected chi connectivity index (χ3v) is 6.78. The lowest BCUT2D eigenvalue weighted by Crippen LogP contribution is -2.50. The smallest absolute Gasteiger partial charge is 0.418 e. The second-order valence-electron chi connectivity index (χ2n) is 9.99. The Morgan fingerprint density at radius 3 is 2.00 bits per heavy atom. The fourth-order valence-electron chi connectivity index (χ4n) is 4.51. The molecule has 0 bridgehead atoms. The number of rotatable bonds is 15. The predicted octanol–water partition coefficient (Wildman–Crippen LogP) is 8.50. The number of ether oxygens (including phenoxy) is 4. The van der Waals surface area contributed by atoms with Gasteiger partial charge in [-0.2, -0.15) is 13.2 Å². The zero-order chi connectivity index (χ0) is 28.1. The van der Waals surface area contributed by atoms with Crippen LogP contribution in [0.25, 0.3) is 11.1 Å². The van der Waals surface area contributed by atoms with Crippen molar-refractivity contribution in [3.8, 4) is 16.9 Å². The van der Waals surface area contributed by atoms with Gasteiger partial charge < -0.3 is 18.9 Å². The Hall–Kier alpha value is -2.58. The van der Waals surface area contributed by atoms with E-state index >= 15 is 0 Å². The van der Waals surface area contributed by atoms with Gasteiger partial charge in [-0.15, -0.1) is 0 Å². The van der Waals surface area contributed by atoms with Gasteiger partial charge in [0.15, 0.2) is 12.4 Å². The number of hydrogen-bond acceptors (Lipinski definition) is 5. The molecular formula is C31H41F3O5. The van der Waals surface area contributed by atoms with Gasteiger partial charge in [0, 0.05) is 13.0 Å². The van der Waals surface area contributed by atoms with E-state index in [-0.39, 0.29) is 18.4 Å². The van der Waals surface area contributed by atoms with Crippen LogP contribution < -0.4 is 4.74 Å². The maximum absolute atomic E-state index is 13.7. The van der Waals surface area contributed by atoms with E-state index < -0.39 is 30.6 Å². The van der Waals surface area contributed by atoms with Crippen LogP contribution in [0, 0.1) is 0 Å². The van der Waals surface area contributed by atoms with E-state index in [1.54, 1.807) is 24.3 Å². The molecule has 39 heavy (non-hydrogen) atoms. The standard InChI is InChI=1S/C31H41F3O5/c1-3-5-7-9-21-36-26-17-15-24(16-18-26)23-11-13-25(14-12-23)30(35)38-27-19-20-28(37-22-10-8-6-4-2)39-29(27)31(32,33)34/h11-18,27-29H,3-10,19-22H2,1-2H3/t27-,28+,29-/m1/s1. The molecule has 1 aliphatic heterocycles. The van der Waals surface area contributed by atoms with Crippen molar-refractivity contribution in [2.45, 2.75) is 103 Å². The zero-order valence-corrected chi connectivity index (χ0v) is 23.0. The van der Waals surface area contributed by atoms with Crippen molar-refractivity contribution in [2.75, 3.05) is 13.2 Å². The molecule has 0 unspecified atom stereocenters. The highest BCUT2D eigenvalue weighted by atomic mass is 19.4. The summed E-state index contributed by atoms with van der Waals surface area (Å²) in [5, 5.41) is 0. The molecule has 1 aliphatic rings. The van der Waals surface area contributed by atoms with Crippen LogP contribution in [0.2, 0.25) is 0 Å².